The number of nitrogens with two attached hydrogens (primary N) is 1. The van der Waals surface area contributed by atoms with Crippen LogP contribution in [0.3, 0.4) is 0 Å². The topological polar surface area (TPSA) is 55.1 Å². The van der Waals surface area contributed by atoms with E-state index in [0.717, 1.165) is 11.3 Å². The molecule has 88 valence electrons. The molecule has 0 aliphatic carbocycles. The van der Waals surface area contributed by atoms with Gasteiger partial charge in [-0.1, -0.05) is 29.8 Å². The van der Waals surface area contributed by atoms with Gasteiger partial charge >= 0.3 is 0 Å². The Morgan fingerprint density at radius 1 is 1.44 bits per heavy atom. The van der Waals surface area contributed by atoms with Gasteiger partial charge in [0, 0.05) is 12.3 Å². The number of amides is 1. The molecule has 1 aromatic rings. The zero-order chi connectivity index (χ0) is 12.0. The fourth-order valence-corrected chi connectivity index (χ4v) is 1.62. The van der Waals surface area contributed by atoms with Gasteiger partial charge in [0.2, 0.25) is 5.91 Å². The SMILES string of the molecule is CSCCNC(=O)C(N)c1ccc(C)cc1. The van der Waals surface area contributed by atoms with Gasteiger partial charge in [-0.25, -0.2) is 0 Å². The summed E-state index contributed by atoms with van der Waals surface area (Å²) in [5.74, 6) is 0.796. The summed E-state index contributed by atoms with van der Waals surface area (Å²) in [5.41, 5.74) is 7.87. The molecule has 0 fully saturated rings. The lowest BCUT2D eigenvalue weighted by atomic mass is 10.1. The molecule has 3 nitrogen and oxygen atoms in total. The monoisotopic (exact) mass is 238 g/mol. The summed E-state index contributed by atoms with van der Waals surface area (Å²) in [7, 11) is 0. The Morgan fingerprint density at radius 2 is 2.06 bits per heavy atom. The summed E-state index contributed by atoms with van der Waals surface area (Å²) < 4.78 is 0. The van der Waals surface area contributed by atoms with E-state index < -0.39 is 6.04 Å². The van der Waals surface area contributed by atoms with Crippen LogP contribution >= 0.6 is 11.8 Å². The third-order valence-corrected chi connectivity index (χ3v) is 2.94. The molecule has 0 aromatic heterocycles. The largest absolute Gasteiger partial charge is 0.354 e. The Morgan fingerprint density at radius 3 is 2.62 bits per heavy atom. The predicted octanol–water partition coefficient (Wildman–Crippen LogP) is 1.47. The van der Waals surface area contributed by atoms with Crippen molar-refractivity contribution >= 4 is 17.7 Å². The molecule has 0 radical (unpaired) electrons. The van der Waals surface area contributed by atoms with Gasteiger partial charge in [0.05, 0.1) is 0 Å². The van der Waals surface area contributed by atoms with Gasteiger partial charge in [0.15, 0.2) is 0 Å². The molecule has 0 spiro atoms. The van der Waals surface area contributed by atoms with Crippen molar-refractivity contribution in [3.63, 3.8) is 0 Å². The maximum Gasteiger partial charge on any atom is 0.241 e. The smallest absolute Gasteiger partial charge is 0.241 e. The summed E-state index contributed by atoms with van der Waals surface area (Å²) in [4.78, 5) is 11.7. The molecule has 1 rings (SSSR count). The van der Waals surface area contributed by atoms with Crippen LogP contribution in [-0.2, 0) is 4.79 Å². The number of carbonyl (C=O) groups is 1. The lowest BCUT2D eigenvalue weighted by Crippen LogP contribution is -2.35. The van der Waals surface area contributed by atoms with Crippen LogP contribution in [0.1, 0.15) is 17.2 Å². The number of carbonyl (C=O) groups excluding carboxylic acids is 1. The van der Waals surface area contributed by atoms with Crippen molar-refractivity contribution in [2.45, 2.75) is 13.0 Å². The highest BCUT2D eigenvalue weighted by molar-refractivity contribution is 7.98. The molecule has 0 heterocycles. The zero-order valence-corrected chi connectivity index (χ0v) is 10.5. The summed E-state index contributed by atoms with van der Waals surface area (Å²) in [5, 5.41) is 2.81. The quantitative estimate of drug-likeness (QED) is 0.764. The van der Waals surface area contributed by atoms with Gasteiger partial charge in [-0.15, -0.1) is 0 Å². The van der Waals surface area contributed by atoms with Crippen molar-refractivity contribution in [3.8, 4) is 0 Å². The molecule has 1 unspecified atom stereocenters. The second-order valence-electron chi connectivity index (χ2n) is 3.67. The Labute approximate surface area is 101 Å². The van der Waals surface area contributed by atoms with Gasteiger partial charge in [0.25, 0.3) is 0 Å². The number of hydrogen-bond acceptors (Lipinski definition) is 3. The average molecular weight is 238 g/mol. The molecular formula is C12H18N2OS. The average Bonchev–Trinajstić information content (AvgIpc) is 2.29. The Bertz CT molecular complexity index is 337. The van der Waals surface area contributed by atoms with Crippen LogP contribution < -0.4 is 11.1 Å². The van der Waals surface area contributed by atoms with Crippen molar-refractivity contribution in [1.82, 2.24) is 5.32 Å². The van der Waals surface area contributed by atoms with Crippen LogP contribution in [0, 0.1) is 6.92 Å². The molecule has 16 heavy (non-hydrogen) atoms. The van der Waals surface area contributed by atoms with E-state index >= 15 is 0 Å². The highest BCUT2D eigenvalue weighted by Gasteiger charge is 2.14. The fourth-order valence-electron chi connectivity index (χ4n) is 1.31. The van der Waals surface area contributed by atoms with Gasteiger partial charge in [0.1, 0.15) is 6.04 Å². The molecule has 0 aliphatic heterocycles. The molecule has 1 atom stereocenters. The molecule has 0 bridgehead atoms. The van der Waals surface area contributed by atoms with E-state index in [9.17, 15) is 4.79 Å². The summed E-state index contributed by atoms with van der Waals surface area (Å²) in [6.45, 7) is 2.67. The van der Waals surface area contributed by atoms with Crippen LogP contribution in [0.5, 0.6) is 0 Å². The highest BCUT2D eigenvalue weighted by Crippen LogP contribution is 2.11. The molecule has 0 saturated carbocycles. The molecular weight excluding hydrogens is 220 g/mol. The van der Waals surface area contributed by atoms with Crippen molar-refractivity contribution in [1.29, 1.82) is 0 Å². The second kappa shape index (κ2) is 6.55. The maximum absolute atomic E-state index is 11.7. The van der Waals surface area contributed by atoms with Crippen LogP contribution in [0.25, 0.3) is 0 Å². The van der Waals surface area contributed by atoms with E-state index in [0.29, 0.717) is 6.54 Å². The Hall–Kier alpha value is -1.00. The van der Waals surface area contributed by atoms with Crippen molar-refractivity contribution in [2.24, 2.45) is 5.73 Å². The van der Waals surface area contributed by atoms with E-state index in [1.807, 2.05) is 37.4 Å². The summed E-state index contributed by atoms with van der Waals surface area (Å²) in [6, 6.07) is 7.15. The van der Waals surface area contributed by atoms with Gasteiger partial charge < -0.3 is 11.1 Å². The molecule has 3 N–H and O–H groups in total. The van der Waals surface area contributed by atoms with Crippen molar-refractivity contribution in [3.05, 3.63) is 35.4 Å². The van der Waals surface area contributed by atoms with Crippen molar-refractivity contribution in [2.75, 3.05) is 18.6 Å². The van der Waals surface area contributed by atoms with Gasteiger partial charge in [-0.05, 0) is 18.7 Å². The highest BCUT2D eigenvalue weighted by atomic mass is 32.2. The Balaban J connectivity index is 2.53. The van der Waals surface area contributed by atoms with E-state index in [4.69, 9.17) is 5.73 Å². The number of aryl methyl sites for hydroxylation is 1. The maximum atomic E-state index is 11.7. The first-order chi connectivity index (χ1) is 7.65. The number of hydrogen-bond donors (Lipinski definition) is 2. The first kappa shape index (κ1) is 13.1. The van der Waals surface area contributed by atoms with Crippen LogP contribution in [0.15, 0.2) is 24.3 Å². The minimum Gasteiger partial charge on any atom is -0.354 e. The van der Waals surface area contributed by atoms with Gasteiger partial charge in [-0.3, -0.25) is 4.79 Å². The van der Waals surface area contributed by atoms with Crippen molar-refractivity contribution < 1.29 is 4.79 Å². The van der Waals surface area contributed by atoms with Crippen LogP contribution in [0.4, 0.5) is 0 Å². The standard InChI is InChI=1S/C12H18N2OS/c1-9-3-5-10(6-4-9)11(13)12(15)14-7-8-16-2/h3-6,11H,7-8,13H2,1-2H3,(H,14,15). The fraction of sp³-hybridized carbons (Fsp3) is 0.417. The lowest BCUT2D eigenvalue weighted by molar-refractivity contribution is -0.122. The minimum atomic E-state index is -0.567. The molecule has 1 aromatic carbocycles. The first-order valence-electron chi connectivity index (χ1n) is 5.24. The summed E-state index contributed by atoms with van der Waals surface area (Å²) in [6.07, 6.45) is 2.01. The van der Waals surface area contributed by atoms with E-state index in [-0.39, 0.29) is 5.91 Å². The Kier molecular flexibility index (Phi) is 5.35. The van der Waals surface area contributed by atoms with Crippen LogP contribution in [0.2, 0.25) is 0 Å². The third-order valence-electron chi connectivity index (χ3n) is 2.32. The molecule has 0 aliphatic rings. The molecule has 1 amide bonds. The van der Waals surface area contributed by atoms with Crippen LogP contribution in [-0.4, -0.2) is 24.5 Å². The second-order valence-corrected chi connectivity index (χ2v) is 4.66. The molecule has 4 heteroatoms. The number of nitrogens with one attached hydrogen (secondary N) is 1. The third kappa shape index (κ3) is 3.87. The lowest BCUT2D eigenvalue weighted by Gasteiger charge is -2.12. The van der Waals surface area contributed by atoms with E-state index in [1.54, 1.807) is 11.8 Å². The number of rotatable bonds is 5. The predicted molar refractivity (Wildman–Crippen MR) is 69.5 cm³/mol. The van der Waals surface area contributed by atoms with E-state index in [1.165, 1.54) is 5.56 Å². The van der Waals surface area contributed by atoms with E-state index in [2.05, 4.69) is 5.32 Å². The van der Waals surface area contributed by atoms with Gasteiger partial charge in [-0.2, -0.15) is 11.8 Å². The zero-order valence-electron chi connectivity index (χ0n) is 9.69. The molecule has 0 saturated heterocycles. The number of thioether (sulfide) groups is 1. The number of benzene rings is 1. The normalized spacial score (nSPS) is 12.2. The minimum absolute atomic E-state index is 0.113. The summed E-state index contributed by atoms with van der Waals surface area (Å²) >= 11 is 1.70. The first-order valence-corrected chi connectivity index (χ1v) is 6.63.